The molecule has 1 aromatic carbocycles. The van der Waals surface area contributed by atoms with E-state index < -0.39 is 4.92 Å². The van der Waals surface area contributed by atoms with Crippen LogP contribution in [0.5, 0.6) is 5.75 Å². The third-order valence-electron chi connectivity index (χ3n) is 3.40. The molecule has 0 spiro atoms. The molecule has 1 fully saturated rings. The Bertz CT molecular complexity index is 575. The Kier molecular flexibility index (Phi) is 4.52. The first-order valence-corrected chi connectivity index (χ1v) is 6.65. The zero-order chi connectivity index (χ0) is 15.4. The van der Waals surface area contributed by atoms with Crippen molar-refractivity contribution in [3.63, 3.8) is 0 Å². The number of amides is 1. The first-order chi connectivity index (χ1) is 9.99. The predicted octanol–water partition coefficient (Wildman–Crippen LogP) is 1.47. The van der Waals surface area contributed by atoms with Gasteiger partial charge in [0.05, 0.1) is 4.92 Å². The number of aryl methyl sites for hydroxylation is 1. The van der Waals surface area contributed by atoms with Crippen LogP contribution in [0.1, 0.15) is 18.4 Å². The lowest BCUT2D eigenvalue weighted by Crippen LogP contribution is -2.41. The number of piperidine rings is 1. The summed E-state index contributed by atoms with van der Waals surface area (Å²) >= 11 is 0. The summed E-state index contributed by atoms with van der Waals surface area (Å²) in [6.45, 7) is 2.19. The number of hydrogen-bond acceptors (Lipinski definition) is 5. The number of benzene rings is 1. The average Bonchev–Trinajstić information content (AvgIpc) is 2.46. The number of carbonyl (C=O) groups is 2. The number of ether oxygens (including phenoxy) is 1. The zero-order valence-electron chi connectivity index (χ0n) is 11.7. The lowest BCUT2D eigenvalue weighted by atomic mass is 10.1. The van der Waals surface area contributed by atoms with Crippen molar-refractivity contribution in [1.29, 1.82) is 0 Å². The fourth-order valence-corrected chi connectivity index (χ4v) is 2.20. The molecule has 112 valence electrons. The molecule has 0 saturated carbocycles. The third-order valence-corrected chi connectivity index (χ3v) is 3.40. The van der Waals surface area contributed by atoms with Gasteiger partial charge in [0.1, 0.15) is 5.78 Å². The second kappa shape index (κ2) is 6.34. The molecule has 0 aliphatic carbocycles. The summed E-state index contributed by atoms with van der Waals surface area (Å²) in [4.78, 5) is 35.1. The van der Waals surface area contributed by atoms with Gasteiger partial charge in [-0.2, -0.15) is 0 Å². The molecule has 1 aliphatic rings. The van der Waals surface area contributed by atoms with E-state index in [1.54, 1.807) is 24.0 Å². The van der Waals surface area contributed by atoms with Crippen molar-refractivity contribution in [3.8, 4) is 5.75 Å². The lowest BCUT2D eigenvalue weighted by Gasteiger charge is -2.26. The van der Waals surface area contributed by atoms with Crippen LogP contribution in [-0.2, 0) is 9.59 Å². The Labute approximate surface area is 121 Å². The van der Waals surface area contributed by atoms with E-state index in [9.17, 15) is 19.7 Å². The first-order valence-electron chi connectivity index (χ1n) is 6.65. The van der Waals surface area contributed by atoms with E-state index in [2.05, 4.69) is 0 Å². The van der Waals surface area contributed by atoms with Gasteiger partial charge in [0, 0.05) is 32.0 Å². The Morgan fingerprint density at radius 1 is 1.38 bits per heavy atom. The smallest absolute Gasteiger partial charge is 0.311 e. The van der Waals surface area contributed by atoms with Crippen molar-refractivity contribution in [2.24, 2.45) is 0 Å². The molecule has 1 aliphatic heterocycles. The van der Waals surface area contributed by atoms with Crippen LogP contribution >= 0.6 is 0 Å². The molecule has 1 aromatic rings. The molecular weight excluding hydrogens is 276 g/mol. The minimum atomic E-state index is -0.535. The maximum atomic E-state index is 12.0. The molecule has 0 radical (unpaired) electrons. The van der Waals surface area contributed by atoms with Gasteiger partial charge in [0.2, 0.25) is 5.75 Å². The highest BCUT2D eigenvalue weighted by molar-refractivity contribution is 5.84. The minimum absolute atomic E-state index is 0.115. The largest absolute Gasteiger partial charge is 0.477 e. The van der Waals surface area contributed by atoms with Gasteiger partial charge in [-0.25, -0.2) is 0 Å². The summed E-state index contributed by atoms with van der Waals surface area (Å²) in [5, 5.41) is 10.9. The summed E-state index contributed by atoms with van der Waals surface area (Å²) in [7, 11) is 0. The van der Waals surface area contributed by atoms with Gasteiger partial charge < -0.3 is 9.64 Å². The molecule has 7 heteroatoms. The van der Waals surface area contributed by atoms with E-state index in [0.29, 0.717) is 31.5 Å². The molecule has 7 nitrogen and oxygen atoms in total. The molecule has 0 atom stereocenters. The molecule has 1 saturated heterocycles. The number of nitro groups is 1. The number of nitro benzene ring substituents is 1. The van der Waals surface area contributed by atoms with E-state index >= 15 is 0 Å². The van der Waals surface area contributed by atoms with Crippen LogP contribution in [0, 0.1) is 17.0 Å². The maximum Gasteiger partial charge on any atom is 0.311 e. The Morgan fingerprint density at radius 2 is 2.05 bits per heavy atom. The first kappa shape index (κ1) is 15.0. The fraction of sp³-hybridized carbons (Fsp3) is 0.429. The molecule has 1 amide bonds. The average molecular weight is 292 g/mol. The fourth-order valence-electron chi connectivity index (χ4n) is 2.20. The van der Waals surface area contributed by atoms with Crippen LogP contribution in [0.25, 0.3) is 0 Å². The maximum absolute atomic E-state index is 12.0. The Hall–Kier alpha value is -2.44. The van der Waals surface area contributed by atoms with Crippen LogP contribution < -0.4 is 4.74 Å². The quantitative estimate of drug-likeness (QED) is 0.619. The van der Waals surface area contributed by atoms with Gasteiger partial charge in [-0.1, -0.05) is 12.1 Å². The number of likely N-dealkylation sites (tertiary alicyclic amines) is 1. The van der Waals surface area contributed by atoms with Gasteiger partial charge in [0.15, 0.2) is 6.61 Å². The topological polar surface area (TPSA) is 89.8 Å². The van der Waals surface area contributed by atoms with E-state index in [-0.39, 0.29) is 29.7 Å². The highest BCUT2D eigenvalue weighted by Gasteiger charge is 2.23. The van der Waals surface area contributed by atoms with E-state index in [0.717, 1.165) is 0 Å². The molecule has 1 heterocycles. The SMILES string of the molecule is Cc1cccc([N+](=O)[O-])c1OCC(=O)N1CCC(=O)CC1. The number of ketones is 1. The van der Waals surface area contributed by atoms with Crippen LogP contribution in [-0.4, -0.2) is 41.2 Å². The van der Waals surface area contributed by atoms with Crippen LogP contribution in [0.4, 0.5) is 5.69 Å². The highest BCUT2D eigenvalue weighted by atomic mass is 16.6. The molecule has 2 rings (SSSR count). The van der Waals surface area contributed by atoms with Crippen LogP contribution in [0.3, 0.4) is 0 Å². The van der Waals surface area contributed by atoms with E-state index in [4.69, 9.17) is 4.74 Å². The number of carbonyl (C=O) groups excluding carboxylic acids is 2. The number of Topliss-reactive ketones (excluding diaryl/α,β-unsaturated/α-hetero) is 1. The second-order valence-electron chi connectivity index (χ2n) is 4.89. The highest BCUT2D eigenvalue weighted by Crippen LogP contribution is 2.30. The Balaban J connectivity index is 2.01. The molecule has 0 unspecified atom stereocenters. The molecule has 0 bridgehead atoms. The molecule has 21 heavy (non-hydrogen) atoms. The van der Waals surface area contributed by atoms with Crippen molar-refractivity contribution in [3.05, 3.63) is 33.9 Å². The number of nitrogens with zero attached hydrogens (tertiary/aromatic N) is 2. The van der Waals surface area contributed by atoms with Gasteiger partial charge in [-0.3, -0.25) is 19.7 Å². The predicted molar refractivity (Wildman–Crippen MR) is 74.1 cm³/mol. The zero-order valence-corrected chi connectivity index (χ0v) is 11.7. The molecule has 0 aromatic heterocycles. The number of rotatable bonds is 4. The Morgan fingerprint density at radius 3 is 2.67 bits per heavy atom. The lowest BCUT2D eigenvalue weighted by molar-refractivity contribution is -0.385. The van der Waals surface area contributed by atoms with E-state index in [1.165, 1.54) is 6.07 Å². The summed E-state index contributed by atoms with van der Waals surface area (Å²) in [5.74, 6) is -0.00139. The van der Waals surface area contributed by atoms with Gasteiger partial charge in [-0.05, 0) is 12.5 Å². The number of hydrogen-bond donors (Lipinski definition) is 0. The molecule has 0 N–H and O–H groups in total. The monoisotopic (exact) mass is 292 g/mol. The molecular formula is C14H16N2O5. The summed E-state index contributed by atoms with van der Waals surface area (Å²) < 4.78 is 5.35. The van der Waals surface area contributed by atoms with Gasteiger partial charge >= 0.3 is 5.69 Å². The van der Waals surface area contributed by atoms with Gasteiger partial charge in [-0.15, -0.1) is 0 Å². The minimum Gasteiger partial charge on any atom is -0.477 e. The van der Waals surface area contributed by atoms with Crippen LogP contribution in [0.2, 0.25) is 0 Å². The standard InChI is InChI=1S/C14H16N2O5/c1-10-3-2-4-12(16(19)20)14(10)21-9-13(18)15-7-5-11(17)6-8-15/h2-4H,5-9H2,1H3. The van der Waals surface area contributed by atoms with Crippen molar-refractivity contribution in [2.45, 2.75) is 19.8 Å². The summed E-state index contributed by atoms with van der Waals surface area (Å²) in [6.07, 6.45) is 0.715. The van der Waals surface area contributed by atoms with Crippen molar-refractivity contribution in [1.82, 2.24) is 4.90 Å². The van der Waals surface area contributed by atoms with Crippen LogP contribution in [0.15, 0.2) is 18.2 Å². The summed E-state index contributed by atoms with van der Waals surface area (Å²) in [5.41, 5.74) is 0.447. The third kappa shape index (κ3) is 3.56. The van der Waals surface area contributed by atoms with Crippen molar-refractivity contribution in [2.75, 3.05) is 19.7 Å². The summed E-state index contributed by atoms with van der Waals surface area (Å²) in [6, 6.07) is 4.59. The normalized spacial score (nSPS) is 14.9. The van der Waals surface area contributed by atoms with Gasteiger partial charge in [0.25, 0.3) is 5.91 Å². The van der Waals surface area contributed by atoms with E-state index in [1.807, 2.05) is 0 Å². The second-order valence-corrected chi connectivity index (χ2v) is 4.89. The van der Waals surface area contributed by atoms with Crippen molar-refractivity contribution < 1.29 is 19.2 Å². The van der Waals surface area contributed by atoms with Crippen molar-refractivity contribution >= 4 is 17.4 Å². The number of para-hydroxylation sites is 1.